The molecule has 2 aromatic heterocycles. The Balaban J connectivity index is 1.89. The molecule has 0 radical (unpaired) electrons. The van der Waals surface area contributed by atoms with Gasteiger partial charge in [0.05, 0.1) is 11.9 Å². The van der Waals surface area contributed by atoms with Crippen LogP contribution < -0.4 is 5.32 Å². The normalized spacial score (nSPS) is 11.3. The maximum absolute atomic E-state index is 5.30. The molecule has 0 atom stereocenters. The molecule has 2 aromatic carbocycles. The molecule has 0 aliphatic heterocycles. The fraction of sp³-hybridized carbons (Fsp3) is 0.217. The minimum Gasteiger partial charge on any atom is -0.364 e. The summed E-state index contributed by atoms with van der Waals surface area (Å²) in [5, 5.41) is 4.33. The van der Waals surface area contributed by atoms with Crippen LogP contribution in [0.15, 0.2) is 67.1 Å². The molecule has 4 rings (SSSR count). The molecule has 0 aliphatic carbocycles. The molecular weight excluding hydrogens is 364 g/mol. The Kier molecular flexibility index (Phi) is 5.55. The van der Waals surface area contributed by atoms with Gasteiger partial charge in [-0.2, -0.15) is 0 Å². The number of nitrogens with one attached hydrogen (secondary N) is 1. The number of methoxy groups -OCH3 is 2. The third kappa shape index (κ3) is 3.85. The summed E-state index contributed by atoms with van der Waals surface area (Å²) in [7, 11) is 3.24. The van der Waals surface area contributed by atoms with Gasteiger partial charge in [0.2, 0.25) is 0 Å². The largest absolute Gasteiger partial charge is 0.364 e. The number of ether oxygens (including phenoxy) is 2. The summed E-state index contributed by atoms with van der Waals surface area (Å²) in [6.07, 6.45) is 3.35. The van der Waals surface area contributed by atoms with E-state index in [9.17, 15) is 0 Å². The first-order chi connectivity index (χ1) is 14.2. The van der Waals surface area contributed by atoms with Crippen LogP contribution in [-0.4, -0.2) is 41.6 Å². The summed E-state index contributed by atoms with van der Waals surface area (Å²) < 4.78 is 12.7. The fourth-order valence-corrected chi connectivity index (χ4v) is 3.45. The van der Waals surface area contributed by atoms with Crippen molar-refractivity contribution in [2.24, 2.45) is 0 Å². The summed E-state index contributed by atoms with van der Waals surface area (Å²) >= 11 is 0. The molecular formula is C23H24N4O2. The number of anilines is 1. The van der Waals surface area contributed by atoms with E-state index in [0.29, 0.717) is 6.54 Å². The van der Waals surface area contributed by atoms with Gasteiger partial charge in [0.25, 0.3) is 0 Å². The Morgan fingerprint density at radius 2 is 1.79 bits per heavy atom. The number of fused-ring (bicyclic) bond motifs is 1. The second kappa shape index (κ2) is 8.43. The van der Waals surface area contributed by atoms with Crippen LogP contribution in [0.1, 0.15) is 5.56 Å². The van der Waals surface area contributed by atoms with E-state index in [0.717, 1.165) is 33.7 Å². The summed E-state index contributed by atoms with van der Waals surface area (Å²) in [6, 6.07) is 18.7. The molecule has 0 spiro atoms. The highest BCUT2D eigenvalue weighted by molar-refractivity contribution is 6.02. The van der Waals surface area contributed by atoms with Crippen molar-refractivity contribution in [1.82, 2.24) is 14.5 Å². The highest BCUT2D eigenvalue weighted by Crippen LogP contribution is 2.35. The molecule has 1 N–H and O–H groups in total. The van der Waals surface area contributed by atoms with Gasteiger partial charge in [0.1, 0.15) is 12.1 Å². The van der Waals surface area contributed by atoms with Crippen LogP contribution in [0.2, 0.25) is 0 Å². The Morgan fingerprint density at radius 3 is 2.52 bits per heavy atom. The van der Waals surface area contributed by atoms with Gasteiger partial charge in [-0.25, -0.2) is 9.97 Å². The van der Waals surface area contributed by atoms with E-state index in [-0.39, 0.29) is 6.29 Å². The molecule has 0 unspecified atom stereocenters. The number of nitrogens with zero attached hydrogens (tertiary/aromatic N) is 3. The number of rotatable bonds is 7. The lowest BCUT2D eigenvalue weighted by atomic mass is 10.1. The van der Waals surface area contributed by atoms with Gasteiger partial charge in [0.15, 0.2) is 11.9 Å². The Labute approximate surface area is 170 Å². The van der Waals surface area contributed by atoms with E-state index in [1.807, 2.05) is 18.2 Å². The van der Waals surface area contributed by atoms with Crippen molar-refractivity contribution in [1.29, 1.82) is 0 Å². The predicted octanol–water partition coefficient (Wildman–Crippen LogP) is 4.43. The predicted molar refractivity (Wildman–Crippen MR) is 115 cm³/mol. The first-order valence-corrected chi connectivity index (χ1v) is 9.49. The monoisotopic (exact) mass is 388 g/mol. The van der Waals surface area contributed by atoms with Gasteiger partial charge in [-0.1, -0.05) is 42.5 Å². The van der Waals surface area contributed by atoms with Crippen molar-refractivity contribution in [3.8, 4) is 16.8 Å². The van der Waals surface area contributed by atoms with Crippen LogP contribution in [0.5, 0.6) is 0 Å². The zero-order valence-corrected chi connectivity index (χ0v) is 16.8. The SMILES string of the molecule is COC(CNc1ncnc2c1c(-c1ccccc1)cn2-c1cccc(C)c1)OC. The topological polar surface area (TPSA) is 61.2 Å². The molecule has 0 fully saturated rings. The fourth-order valence-electron chi connectivity index (χ4n) is 3.45. The number of hydrogen-bond donors (Lipinski definition) is 1. The molecule has 6 heteroatoms. The minimum atomic E-state index is -0.362. The first-order valence-electron chi connectivity index (χ1n) is 9.49. The zero-order valence-electron chi connectivity index (χ0n) is 16.8. The number of aromatic nitrogens is 3. The van der Waals surface area contributed by atoms with Gasteiger partial charge in [-0.3, -0.25) is 0 Å². The maximum atomic E-state index is 5.30. The van der Waals surface area contributed by atoms with Crippen molar-refractivity contribution in [2.45, 2.75) is 13.2 Å². The average Bonchev–Trinajstić information content (AvgIpc) is 3.16. The lowest BCUT2D eigenvalue weighted by Crippen LogP contribution is -2.24. The average molecular weight is 388 g/mol. The summed E-state index contributed by atoms with van der Waals surface area (Å²) in [6.45, 7) is 2.56. The van der Waals surface area contributed by atoms with Crippen molar-refractivity contribution in [3.63, 3.8) is 0 Å². The third-order valence-electron chi connectivity index (χ3n) is 4.91. The van der Waals surface area contributed by atoms with Gasteiger partial charge in [0, 0.05) is 31.7 Å². The van der Waals surface area contributed by atoms with Crippen LogP contribution in [0.4, 0.5) is 5.82 Å². The van der Waals surface area contributed by atoms with Crippen molar-refractivity contribution < 1.29 is 9.47 Å². The van der Waals surface area contributed by atoms with Gasteiger partial charge in [-0.05, 0) is 30.2 Å². The molecule has 29 heavy (non-hydrogen) atoms. The molecule has 6 nitrogen and oxygen atoms in total. The molecule has 2 heterocycles. The van der Waals surface area contributed by atoms with Crippen LogP contribution in [0.3, 0.4) is 0 Å². The maximum Gasteiger partial charge on any atom is 0.173 e. The van der Waals surface area contributed by atoms with Crippen molar-refractivity contribution in [2.75, 3.05) is 26.1 Å². The lowest BCUT2D eigenvalue weighted by Gasteiger charge is -2.15. The summed E-state index contributed by atoms with van der Waals surface area (Å²) in [5.41, 5.74) is 5.28. The lowest BCUT2D eigenvalue weighted by molar-refractivity contribution is -0.0914. The smallest absolute Gasteiger partial charge is 0.173 e. The summed E-state index contributed by atoms with van der Waals surface area (Å²) in [4.78, 5) is 9.12. The molecule has 0 amide bonds. The number of aryl methyl sites for hydroxylation is 1. The van der Waals surface area contributed by atoms with E-state index >= 15 is 0 Å². The second-order valence-electron chi connectivity index (χ2n) is 6.82. The van der Waals surface area contributed by atoms with Crippen LogP contribution >= 0.6 is 0 Å². The highest BCUT2D eigenvalue weighted by atomic mass is 16.7. The number of hydrogen-bond acceptors (Lipinski definition) is 5. The highest BCUT2D eigenvalue weighted by Gasteiger charge is 2.18. The Hall–Kier alpha value is -3.22. The van der Waals surface area contributed by atoms with E-state index in [4.69, 9.17) is 9.47 Å². The van der Waals surface area contributed by atoms with Crippen LogP contribution in [0.25, 0.3) is 27.8 Å². The molecule has 4 aromatic rings. The van der Waals surface area contributed by atoms with Crippen LogP contribution in [0, 0.1) is 6.92 Å². The summed E-state index contributed by atoms with van der Waals surface area (Å²) in [5.74, 6) is 0.749. The first kappa shape index (κ1) is 19.1. The third-order valence-corrected chi connectivity index (χ3v) is 4.91. The van der Waals surface area contributed by atoms with E-state index in [2.05, 4.69) is 69.4 Å². The molecule has 0 bridgehead atoms. The van der Waals surface area contributed by atoms with Gasteiger partial charge < -0.3 is 19.4 Å². The molecule has 0 saturated heterocycles. The number of benzene rings is 2. The zero-order chi connectivity index (χ0) is 20.2. The molecule has 0 aliphatic rings. The van der Waals surface area contributed by atoms with Crippen molar-refractivity contribution >= 4 is 16.9 Å². The van der Waals surface area contributed by atoms with Gasteiger partial charge in [-0.15, -0.1) is 0 Å². The Bertz CT molecular complexity index is 1100. The Morgan fingerprint density at radius 1 is 1.00 bits per heavy atom. The van der Waals surface area contributed by atoms with Crippen LogP contribution in [-0.2, 0) is 9.47 Å². The van der Waals surface area contributed by atoms with E-state index in [1.165, 1.54) is 5.56 Å². The van der Waals surface area contributed by atoms with E-state index < -0.39 is 0 Å². The quantitative estimate of drug-likeness (QED) is 0.475. The molecule has 0 saturated carbocycles. The standard InChI is InChI=1S/C23H24N4O2/c1-16-8-7-11-18(12-16)27-14-19(17-9-5-4-6-10-17)21-22(25-15-26-23(21)27)24-13-20(28-2)29-3/h4-12,14-15,20H,13H2,1-3H3,(H,24,25,26). The van der Waals surface area contributed by atoms with Crippen molar-refractivity contribution in [3.05, 3.63) is 72.7 Å². The van der Waals surface area contributed by atoms with E-state index in [1.54, 1.807) is 20.5 Å². The van der Waals surface area contributed by atoms with Gasteiger partial charge >= 0.3 is 0 Å². The molecule has 148 valence electrons. The minimum absolute atomic E-state index is 0.362. The second-order valence-corrected chi connectivity index (χ2v) is 6.82.